The molecule has 2 amide bonds. The lowest BCUT2D eigenvalue weighted by molar-refractivity contribution is -0.133. The Labute approximate surface area is 210 Å². The van der Waals surface area contributed by atoms with E-state index in [1.165, 1.54) is 11.3 Å². The van der Waals surface area contributed by atoms with Crippen LogP contribution in [0.3, 0.4) is 0 Å². The minimum absolute atomic E-state index is 0.0653. The van der Waals surface area contributed by atoms with Crippen LogP contribution < -0.4 is 14.8 Å². The number of nitrogens with one attached hydrogen (secondary N) is 1. The van der Waals surface area contributed by atoms with E-state index in [2.05, 4.69) is 20.5 Å². The quantitative estimate of drug-likeness (QED) is 0.370. The summed E-state index contributed by atoms with van der Waals surface area (Å²) in [5.74, 6) is 1.75. The lowest BCUT2D eigenvalue weighted by Gasteiger charge is -2.16. The van der Waals surface area contributed by atoms with Crippen LogP contribution in [0.5, 0.6) is 17.2 Å². The van der Waals surface area contributed by atoms with Gasteiger partial charge in [-0.15, -0.1) is 21.5 Å². The lowest BCUT2D eigenvalue weighted by atomic mass is 10.1. The molecule has 1 saturated heterocycles. The molecule has 0 spiro atoms. The second kappa shape index (κ2) is 10.2. The van der Waals surface area contributed by atoms with Gasteiger partial charge < -0.3 is 18.8 Å². The molecule has 4 aromatic rings. The summed E-state index contributed by atoms with van der Waals surface area (Å²) in [4.78, 5) is 31.3. The highest BCUT2D eigenvalue weighted by Crippen LogP contribution is 2.31. The largest absolute Gasteiger partial charge is 0.480 e. The molecule has 1 fully saturated rings. The number of ether oxygens (including phenoxy) is 2. The summed E-state index contributed by atoms with van der Waals surface area (Å²) in [6, 6.07) is 12.0. The molecule has 1 unspecified atom stereocenters. The molecule has 2 aromatic heterocycles. The van der Waals surface area contributed by atoms with Crippen molar-refractivity contribution in [2.45, 2.75) is 26.4 Å². The van der Waals surface area contributed by atoms with Gasteiger partial charge in [-0.1, -0.05) is 0 Å². The van der Waals surface area contributed by atoms with E-state index in [-0.39, 0.29) is 11.8 Å². The monoisotopic (exact) mass is 505 g/mol. The van der Waals surface area contributed by atoms with Crippen molar-refractivity contribution in [3.8, 4) is 28.7 Å². The number of aryl methyl sites for hydroxylation is 1. The van der Waals surface area contributed by atoms with Crippen molar-refractivity contribution < 1.29 is 23.5 Å². The number of aromatic nitrogens is 3. The maximum atomic E-state index is 12.9. The van der Waals surface area contributed by atoms with E-state index in [1.54, 1.807) is 65.9 Å². The predicted molar refractivity (Wildman–Crippen MR) is 132 cm³/mol. The zero-order chi connectivity index (χ0) is 25.1. The molecule has 5 rings (SSSR count). The van der Waals surface area contributed by atoms with Crippen molar-refractivity contribution in [1.82, 2.24) is 20.1 Å². The summed E-state index contributed by atoms with van der Waals surface area (Å²) >= 11 is 1.31. The second-order valence-corrected chi connectivity index (χ2v) is 8.94. The Kier molecular flexibility index (Phi) is 6.63. The number of carbonyl (C=O) groups excluding carboxylic acids is 2. The molecule has 0 radical (unpaired) electrons. The Morgan fingerprint density at radius 1 is 1.17 bits per heavy atom. The van der Waals surface area contributed by atoms with Crippen LogP contribution >= 0.6 is 11.3 Å². The molecule has 0 bridgehead atoms. The molecule has 1 aliphatic heterocycles. The van der Waals surface area contributed by atoms with Gasteiger partial charge >= 0.3 is 0 Å². The predicted octanol–water partition coefficient (Wildman–Crippen LogP) is 4.55. The van der Waals surface area contributed by atoms with E-state index in [0.717, 1.165) is 5.56 Å². The first-order chi connectivity index (χ1) is 17.5. The van der Waals surface area contributed by atoms with Crippen LogP contribution in [0.2, 0.25) is 0 Å². The molecule has 1 aliphatic rings. The fourth-order valence-corrected chi connectivity index (χ4v) is 4.32. The zero-order valence-electron chi connectivity index (χ0n) is 19.6. The van der Waals surface area contributed by atoms with Gasteiger partial charge in [0.2, 0.25) is 11.8 Å². The number of thiazole rings is 1. The number of likely N-dealkylation sites (N-methyl/N-ethyl adjacent to an activating group) is 1. The maximum absolute atomic E-state index is 12.9. The van der Waals surface area contributed by atoms with Crippen molar-refractivity contribution in [2.24, 2.45) is 0 Å². The topological polar surface area (TPSA) is 120 Å². The SMILES string of the molecule is CCN1CCC(Oc2cc(Oc3ccc(-c4nnc(C)o4)cc3)cc(C(=O)Nc3nccs3)c2)C1=O. The third kappa shape index (κ3) is 5.20. The van der Waals surface area contributed by atoms with Crippen LogP contribution in [0.1, 0.15) is 29.6 Å². The summed E-state index contributed by atoms with van der Waals surface area (Å²) in [5, 5.41) is 12.9. The van der Waals surface area contributed by atoms with Crippen molar-refractivity contribution >= 4 is 28.3 Å². The molecule has 10 nitrogen and oxygen atoms in total. The van der Waals surface area contributed by atoms with Crippen molar-refractivity contribution in [1.29, 1.82) is 0 Å². The maximum Gasteiger partial charge on any atom is 0.263 e. The standard InChI is InChI=1S/C25H23N5O5S/c1-3-30-10-8-21(24(30)32)35-20-13-17(22(31)27-25-26-9-11-36-25)12-19(14-20)34-18-6-4-16(5-7-18)23-29-28-15(2)33-23/h4-7,9,11-14,21H,3,8,10H2,1-2H3,(H,26,27,31). The van der Waals surface area contributed by atoms with Gasteiger partial charge in [-0.05, 0) is 43.3 Å². The molecule has 184 valence electrons. The molecule has 3 heterocycles. The van der Waals surface area contributed by atoms with E-state index in [1.807, 2.05) is 6.92 Å². The van der Waals surface area contributed by atoms with Gasteiger partial charge in [0.25, 0.3) is 11.8 Å². The number of hydrogen-bond acceptors (Lipinski definition) is 9. The number of hydrogen-bond donors (Lipinski definition) is 1. The molecule has 2 aromatic carbocycles. The fourth-order valence-electron chi connectivity index (χ4n) is 3.80. The molecular formula is C25H23N5O5S. The van der Waals surface area contributed by atoms with Gasteiger partial charge in [-0.25, -0.2) is 4.98 Å². The van der Waals surface area contributed by atoms with Crippen molar-refractivity contribution in [2.75, 3.05) is 18.4 Å². The van der Waals surface area contributed by atoms with Gasteiger partial charge in [-0.3, -0.25) is 14.9 Å². The van der Waals surface area contributed by atoms with E-state index in [4.69, 9.17) is 13.9 Å². The van der Waals surface area contributed by atoms with Crippen molar-refractivity contribution in [3.63, 3.8) is 0 Å². The number of amides is 2. The van der Waals surface area contributed by atoms with Gasteiger partial charge in [0, 0.05) is 55.2 Å². The highest BCUT2D eigenvalue weighted by molar-refractivity contribution is 7.13. The Balaban J connectivity index is 1.39. The zero-order valence-corrected chi connectivity index (χ0v) is 20.4. The van der Waals surface area contributed by atoms with Crippen LogP contribution in [0.25, 0.3) is 11.5 Å². The lowest BCUT2D eigenvalue weighted by Crippen LogP contribution is -2.32. The number of anilines is 1. The minimum Gasteiger partial charge on any atom is -0.480 e. The number of likely N-dealkylation sites (tertiary alicyclic amines) is 1. The Bertz CT molecular complexity index is 1370. The first-order valence-electron chi connectivity index (χ1n) is 11.4. The summed E-state index contributed by atoms with van der Waals surface area (Å²) in [6.45, 7) is 4.92. The number of rotatable bonds is 8. The Morgan fingerprint density at radius 2 is 1.97 bits per heavy atom. The normalized spacial score (nSPS) is 15.2. The Morgan fingerprint density at radius 3 is 2.64 bits per heavy atom. The van der Waals surface area contributed by atoms with Gasteiger partial charge in [0.05, 0.1) is 0 Å². The minimum atomic E-state index is -0.604. The van der Waals surface area contributed by atoms with Crippen LogP contribution in [0, 0.1) is 6.92 Å². The summed E-state index contributed by atoms with van der Waals surface area (Å²) in [5.41, 5.74) is 1.07. The summed E-state index contributed by atoms with van der Waals surface area (Å²) in [7, 11) is 0. The number of benzene rings is 2. The number of nitrogens with zero attached hydrogens (tertiary/aromatic N) is 4. The van der Waals surface area contributed by atoms with Crippen LogP contribution in [0.4, 0.5) is 5.13 Å². The van der Waals surface area contributed by atoms with Gasteiger partial charge in [0.1, 0.15) is 17.2 Å². The third-order valence-corrected chi connectivity index (χ3v) is 6.25. The summed E-state index contributed by atoms with van der Waals surface area (Å²) in [6.07, 6.45) is 1.58. The molecule has 36 heavy (non-hydrogen) atoms. The molecule has 1 N–H and O–H groups in total. The first-order valence-corrected chi connectivity index (χ1v) is 12.3. The van der Waals surface area contributed by atoms with E-state index < -0.39 is 6.10 Å². The van der Waals surface area contributed by atoms with E-state index in [9.17, 15) is 9.59 Å². The van der Waals surface area contributed by atoms with Crippen LogP contribution in [-0.4, -0.2) is 51.1 Å². The van der Waals surface area contributed by atoms with Crippen molar-refractivity contribution in [3.05, 3.63) is 65.5 Å². The highest BCUT2D eigenvalue weighted by Gasteiger charge is 2.32. The average molecular weight is 506 g/mol. The molecule has 1 atom stereocenters. The fraction of sp³-hybridized carbons (Fsp3) is 0.240. The van der Waals surface area contributed by atoms with Gasteiger partial charge in [-0.2, -0.15) is 0 Å². The molecular weight excluding hydrogens is 482 g/mol. The molecule has 0 saturated carbocycles. The Hall–Kier alpha value is -4.25. The first kappa shape index (κ1) is 23.5. The smallest absolute Gasteiger partial charge is 0.263 e. The van der Waals surface area contributed by atoms with Gasteiger partial charge in [0.15, 0.2) is 11.2 Å². The number of carbonyl (C=O) groups is 2. The molecule has 11 heteroatoms. The second-order valence-electron chi connectivity index (χ2n) is 8.05. The van der Waals surface area contributed by atoms with E-state index in [0.29, 0.717) is 59.2 Å². The van der Waals surface area contributed by atoms with E-state index >= 15 is 0 Å². The van der Waals surface area contributed by atoms with Crippen LogP contribution in [-0.2, 0) is 4.79 Å². The average Bonchev–Trinajstić information content (AvgIpc) is 3.62. The highest BCUT2D eigenvalue weighted by atomic mass is 32.1. The summed E-state index contributed by atoms with van der Waals surface area (Å²) < 4.78 is 17.5. The van der Waals surface area contributed by atoms with Crippen LogP contribution in [0.15, 0.2) is 58.5 Å². The third-order valence-electron chi connectivity index (χ3n) is 5.57. The molecule has 0 aliphatic carbocycles.